The van der Waals surface area contributed by atoms with Crippen molar-refractivity contribution >= 4 is 8.80 Å². The van der Waals surface area contributed by atoms with Gasteiger partial charge in [0.2, 0.25) is 0 Å². The van der Waals surface area contributed by atoms with E-state index in [9.17, 15) is 14.0 Å². The fraction of sp³-hybridized carbons (Fsp3) is 0.455. The molecular formula is C11H17FO3Si. The summed E-state index contributed by atoms with van der Waals surface area (Å²) in [5.74, 6) is -0.236. The topological polar surface area (TPSA) is 49.7 Å². The minimum atomic E-state index is -3.38. The van der Waals surface area contributed by atoms with Gasteiger partial charge in [0, 0.05) is 13.2 Å². The molecule has 1 aromatic carbocycles. The number of halogens is 1. The lowest BCUT2D eigenvalue weighted by Crippen LogP contribution is -2.37. The van der Waals surface area contributed by atoms with E-state index in [0.29, 0.717) is 12.5 Å². The SMILES string of the molecule is CO[Si](O)(O)CCCCc1ccc(F)cc1. The molecule has 1 aromatic rings. The minimum absolute atomic E-state index is 0.236. The van der Waals surface area contributed by atoms with Gasteiger partial charge in [-0.3, -0.25) is 0 Å². The Morgan fingerprint density at radius 2 is 1.81 bits per heavy atom. The number of rotatable bonds is 6. The van der Waals surface area contributed by atoms with Gasteiger partial charge in [-0.05, 0) is 37.0 Å². The van der Waals surface area contributed by atoms with Crippen LogP contribution in [0.4, 0.5) is 4.39 Å². The summed E-state index contributed by atoms with van der Waals surface area (Å²) >= 11 is 0. The number of unbranched alkanes of at least 4 members (excludes halogenated alkanes) is 1. The van der Waals surface area contributed by atoms with Crippen LogP contribution in [0.2, 0.25) is 6.04 Å². The zero-order valence-corrected chi connectivity index (χ0v) is 10.3. The average molecular weight is 244 g/mol. The number of hydrogen-bond donors (Lipinski definition) is 2. The summed E-state index contributed by atoms with van der Waals surface area (Å²) in [5.41, 5.74) is 1.06. The van der Waals surface area contributed by atoms with E-state index >= 15 is 0 Å². The first-order chi connectivity index (χ1) is 7.53. The second-order valence-corrected chi connectivity index (χ2v) is 6.18. The molecule has 0 unspecified atom stereocenters. The first kappa shape index (κ1) is 13.3. The van der Waals surface area contributed by atoms with E-state index in [-0.39, 0.29) is 5.82 Å². The highest BCUT2D eigenvalue weighted by Crippen LogP contribution is 2.12. The fourth-order valence-corrected chi connectivity index (χ4v) is 2.35. The first-order valence-corrected chi connectivity index (χ1v) is 7.29. The second kappa shape index (κ2) is 6.10. The van der Waals surface area contributed by atoms with E-state index < -0.39 is 8.80 Å². The molecule has 0 radical (unpaired) electrons. The molecule has 0 bridgehead atoms. The molecule has 5 heteroatoms. The zero-order chi connectivity index (χ0) is 12.0. The quantitative estimate of drug-likeness (QED) is 0.592. The number of benzene rings is 1. The third-order valence-electron chi connectivity index (χ3n) is 2.46. The maximum absolute atomic E-state index is 12.6. The molecular weight excluding hydrogens is 227 g/mol. The third kappa shape index (κ3) is 4.85. The van der Waals surface area contributed by atoms with Crippen LogP contribution < -0.4 is 0 Å². The van der Waals surface area contributed by atoms with E-state index in [2.05, 4.69) is 4.43 Å². The van der Waals surface area contributed by atoms with Gasteiger partial charge in [-0.2, -0.15) is 0 Å². The molecule has 0 atom stereocenters. The standard InChI is InChI=1S/C11H17FO3Si/c1-15-16(13,14)9-3-2-4-10-5-7-11(12)8-6-10/h5-8,13-14H,2-4,9H2,1H3. The highest BCUT2D eigenvalue weighted by atomic mass is 28.4. The van der Waals surface area contributed by atoms with E-state index in [0.717, 1.165) is 18.4 Å². The van der Waals surface area contributed by atoms with Crippen LogP contribution in [-0.4, -0.2) is 25.5 Å². The van der Waals surface area contributed by atoms with Crippen molar-refractivity contribution in [2.75, 3.05) is 7.11 Å². The van der Waals surface area contributed by atoms with E-state index in [1.165, 1.54) is 19.2 Å². The molecule has 1 rings (SSSR count). The van der Waals surface area contributed by atoms with Crippen LogP contribution >= 0.6 is 0 Å². The zero-order valence-electron chi connectivity index (χ0n) is 9.32. The van der Waals surface area contributed by atoms with Gasteiger partial charge in [0.25, 0.3) is 0 Å². The van der Waals surface area contributed by atoms with Gasteiger partial charge in [0.05, 0.1) is 0 Å². The average Bonchev–Trinajstić information content (AvgIpc) is 2.27. The van der Waals surface area contributed by atoms with Gasteiger partial charge in [-0.15, -0.1) is 0 Å². The van der Waals surface area contributed by atoms with E-state index in [4.69, 9.17) is 0 Å². The summed E-state index contributed by atoms with van der Waals surface area (Å²) in [6.07, 6.45) is 2.35. The molecule has 0 aromatic heterocycles. The van der Waals surface area contributed by atoms with Crippen LogP contribution in [0.25, 0.3) is 0 Å². The predicted molar refractivity (Wildman–Crippen MR) is 61.3 cm³/mol. The van der Waals surface area contributed by atoms with Crippen molar-refractivity contribution in [3.05, 3.63) is 35.6 Å². The Kier molecular flexibility index (Phi) is 5.07. The van der Waals surface area contributed by atoms with Gasteiger partial charge in [0.15, 0.2) is 0 Å². The van der Waals surface area contributed by atoms with Crippen LogP contribution in [0.15, 0.2) is 24.3 Å². The van der Waals surface area contributed by atoms with Crippen LogP contribution in [0, 0.1) is 5.82 Å². The molecule has 0 aliphatic rings. The van der Waals surface area contributed by atoms with Crippen molar-refractivity contribution in [1.29, 1.82) is 0 Å². The first-order valence-electron chi connectivity index (χ1n) is 5.28. The van der Waals surface area contributed by atoms with Crippen molar-refractivity contribution in [2.45, 2.75) is 25.3 Å². The largest absolute Gasteiger partial charge is 0.495 e. The summed E-state index contributed by atoms with van der Waals surface area (Å²) in [6, 6.07) is 6.66. The number of aryl methyl sites for hydroxylation is 1. The van der Waals surface area contributed by atoms with Crippen molar-refractivity contribution in [3.8, 4) is 0 Å². The molecule has 16 heavy (non-hydrogen) atoms. The fourth-order valence-electron chi connectivity index (χ4n) is 1.44. The maximum Gasteiger partial charge on any atom is 0.495 e. The van der Waals surface area contributed by atoms with Crippen molar-refractivity contribution in [2.24, 2.45) is 0 Å². The maximum atomic E-state index is 12.6. The van der Waals surface area contributed by atoms with Crippen molar-refractivity contribution in [3.63, 3.8) is 0 Å². The van der Waals surface area contributed by atoms with E-state index in [1.54, 1.807) is 12.1 Å². The Balaban J connectivity index is 2.23. The van der Waals surface area contributed by atoms with Crippen LogP contribution in [-0.2, 0) is 10.8 Å². The molecule has 0 spiro atoms. The second-order valence-electron chi connectivity index (χ2n) is 3.78. The minimum Gasteiger partial charge on any atom is -0.390 e. The molecule has 2 N–H and O–H groups in total. The molecule has 0 saturated heterocycles. The molecule has 0 fully saturated rings. The monoisotopic (exact) mass is 244 g/mol. The van der Waals surface area contributed by atoms with E-state index in [1.807, 2.05) is 0 Å². The van der Waals surface area contributed by atoms with Gasteiger partial charge < -0.3 is 14.0 Å². The highest BCUT2D eigenvalue weighted by Gasteiger charge is 2.29. The smallest absolute Gasteiger partial charge is 0.390 e. The summed E-state index contributed by atoms with van der Waals surface area (Å²) < 4.78 is 17.2. The van der Waals surface area contributed by atoms with Crippen LogP contribution in [0.1, 0.15) is 18.4 Å². The highest BCUT2D eigenvalue weighted by molar-refractivity contribution is 6.57. The van der Waals surface area contributed by atoms with Gasteiger partial charge in [-0.25, -0.2) is 4.39 Å². The van der Waals surface area contributed by atoms with Gasteiger partial charge in [0.1, 0.15) is 5.82 Å². The van der Waals surface area contributed by atoms with Crippen molar-refractivity contribution < 1.29 is 18.4 Å². The summed E-state index contributed by atoms with van der Waals surface area (Å²) in [4.78, 5) is 18.6. The molecule has 0 heterocycles. The molecule has 0 aliphatic heterocycles. The Bertz CT molecular complexity index is 314. The molecule has 0 aliphatic carbocycles. The lowest BCUT2D eigenvalue weighted by molar-refractivity contribution is 0.183. The Labute approximate surface area is 95.9 Å². The Morgan fingerprint density at radius 1 is 1.19 bits per heavy atom. The normalized spacial score (nSPS) is 11.8. The Hall–Kier alpha value is -0.753. The number of hydrogen-bond acceptors (Lipinski definition) is 3. The lowest BCUT2D eigenvalue weighted by Gasteiger charge is -2.13. The van der Waals surface area contributed by atoms with Gasteiger partial charge >= 0.3 is 8.80 Å². The molecule has 90 valence electrons. The van der Waals surface area contributed by atoms with Crippen LogP contribution in [0.5, 0.6) is 0 Å². The Morgan fingerprint density at radius 3 is 2.38 bits per heavy atom. The summed E-state index contributed by atoms with van der Waals surface area (Å²) in [5, 5.41) is 0. The molecule has 3 nitrogen and oxygen atoms in total. The van der Waals surface area contributed by atoms with Crippen LogP contribution in [0.3, 0.4) is 0 Å². The summed E-state index contributed by atoms with van der Waals surface area (Å²) in [7, 11) is -2.07. The molecule has 0 saturated carbocycles. The third-order valence-corrected chi connectivity index (χ3v) is 4.12. The summed E-state index contributed by atoms with van der Waals surface area (Å²) in [6.45, 7) is 0. The predicted octanol–water partition coefficient (Wildman–Crippen LogP) is 1.72. The van der Waals surface area contributed by atoms with Crippen molar-refractivity contribution in [1.82, 2.24) is 0 Å². The van der Waals surface area contributed by atoms with Gasteiger partial charge in [-0.1, -0.05) is 12.1 Å². The lowest BCUT2D eigenvalue weighted by atomic mass is 10.1. The molecule has 0 amide bonds.